The van der Waals surface area contributed by atoms with E-state index in [1.807, 2.05) is 17.9 Å². The van der Waals surface area contributed by atoms with E-state index in [0.29, 0.717) is 18.7 Å². The Labute approximate surface area is 114 Å². The Morgan fingerprint density at radius 3 is 2.89 bits per heavy atom. The number of aryl methyl sites for hydroxylation is 1. The summed E-state index contributed by atoms with van der Waals surface area (Å²) in [6, 6.07) is 1.93. The van der Waals surface area contributed by atoms with Crippen molar-refractivity contribution in [2.24, 2.45) is 0 Å². The van der Waals surface area contributed by atoms with Crippen molar-refractivity contribution >= 4 is 11.6 Å². The number of pyridine rings is 1. The molecule has 0 radical (unpaired) electrons. The molecule has 0 spiro atoms. The molecule has 1 aliphatic heterocycles. The summed E-state index contributed by atoms with van der Waals surface area (Å²) in [5.74, 6) is 0.939. The molecule has 2 rings (SSSR count). The summed E-state index contributed by atoms with van der Waals surface area (Å²) in [7, 11) is 1.62. The van der Waals surface area contributed by atoms with E-state index in [2.05, 4.69) is 10.3 Å². The molecule has 1 fully saturated rings. The van der Waals surface area contributed by atoms with Crippen molar-refractivity contribution in [3.63, 3.8) is 0 Å². The van der Waals surface area contributed by atoms with Crippen molar-refractivity contribution in [1.82, 2.24) is 9.88 Å². The van der Waals surface area contributed by atoms with E-state index < -0.39 is 0 Å². The summed E-state index contributed by atoms with van der Waals surface area (Å²) in [5, 5.41) is 3.25. The van der Waals surface area contributed by atoms with Crippen LogP contribution in [-0.2, 0) is 4.79 Å². The molecule has 1 amide bonds. The Balaban J connectivity index is 1.84. The fourth-order valence-electron chi connectivity index (χ4n) is 2.28. The van der Waals surface area contributed by atoms with E-state index >= 15 is 0 Å². The molecular weight excluding hydrogens is 242 g/mol. The van der Waals surface area contributed by atoms with Crippen molar-refractivity contribution in [2.45, 2.75) is 26.2 Å². The minimum Gasteiger partial charge on any atom is -0.493 e. The van der Waals surface area contributed by atoms with Gasteiger partial charge in [-0.2, -0.15) is 0 Å². The second-order valence-electron chi connectivity index (χ2n) is 4.79. The molecule has 19 heavy (non-hydrogen) atoms. The third-order valence-corrected chi connectivity index (χ3v) is 3.34. The van der Waals surface area contributed by atoms with Gasteiger partial charge in [0, 0.05) is 31.7 Å². The maximum absolute atomic E-state index is 11.9. The highest BCUT2D eigenvalue weighted by Gasteiger charge is 2.17. The molecule has 0 bridgehead atoms. The normalized spacial score (nSPS) is 14.5. The molecule has 104 valence electrons. The monoisotopic (exact) mass is 263 g/mol. The van der Waals surface area contributed by atoms with Gasteiger partial charge in [0.2, 0.25) is 5.91 Å². The highest BCUT2D eigenvalue weighted by Crippen LogP contribution is 2.23. The number of hydrogen-bond donors (Lipinski definition) is 1. The lowest BCUT2D eigenvalue weighted by Gasteiger charge is -2.16. The second-order valence-corrected chi connectivity index (χ2v) is 4.79. The molecule has 1 aromatic heterocycles. The van der Waals surface area contributed by atoms with Crippen LogP contribution in [0, 0.1) is 6.92 Å². The van der Waals surface area contributed by atoms with Gasteiger partial charge in [-0.1, -0.05) is 0 Å². The average molecular weight is 263 g/mol. The van der Waals surface area contributed by atoms with Crippen LogP contribution >= 0.6 is 0 Å². The van der Waals surface area contributed by atoms with Crippen LogP contribution < -0.4 is 10.1 Å². The van der Waals surface area contributed by atoms with Crippen molar-refractivity contribution in [3.05, 3.63) is 18.0 Å². The van der Waals surface area contributed by atoms with E-state index in [9.17, 15) is 4.79 Å². The number of rotatable bonds is 5. The Kier molecular flexibility index (Phi) is 4.60. The van der Waals surface area contributed by atoms with Crippen LogP contribution in [0.1, 0.15) is 25.0 Å². The number of carbonyl (C=O) groups is 1. The highest BCUT2D eigenvalue weighted by atomic mass is 16.5. The number of aromatic nitrogens is 1. The molecule has 0 aliphatic carbocycles. The summed E-state index contributed by atoms with van der Waals surface area (Å²) in [5.41, 5.74) is 1.82. The van der Waals surface area contributed by atoms with Crippen molar-refractivity contribution in [2.75, 3.05) is 32.1 Å². The minimum atomic E-state index is 0.231. The first-order valence-electron chi connectivity index (χ1n) is 6.73. The van der Waals surface area contributed by atoms with Gasteiger partial charge in [0.15, 0.2) is 5.75 Å². The Bertz CT molecular complexity index is 442. The topological polar surface area (TPSA) is 54.5 Å². The molecule has 0 saturated carbocycles. The minimum absolute atomic E-state index is 0.231. The molecule has 2 heterocycles. The molecule has 0 unspecified atom stereocenters. The highest BCUT2D eigenvalue weighted by molar-refractivity contribution is 5.77. The molecule has 1 aliphatic rings. The number of anilines is 1. The van der Waals surface area contributed by atoms with Crippen LogP contribution in [0.25, 0.3) is 0 Å². The van der Waals surface area contributed by atoms with Gasteiger partial charge >= 0.3 is 0 Å². The quantitative estimate of drug-likeness (QED) is 0.880. The number of amides is 1. The number of carbonyl (C=O) groups excluding carboxylic acids is 1. The van der Waals surface area contributed by atoms with Gasteiger partial charge in [0.1, 0.15) is 0 Å². The lowest BCUT2D eigenvalue weighted by Crippen LogP contribution is -2.29. The van der Waals surface area contributed by atoms with Crippen LogP contribution in [0.4, 0.5) is 5.69 Å². The van der Waals surface area contributed by atoms with Gasteiger partial charge in [0.05, 0.1) is 19.0 Å². The zero-order valence-electron chi connectivity index (χ0n) is 11.6. The summed E-state index contributed by atoms with van der Waals surface area (Å²) in [4.78, 5) is 18.0. The predicted octanol–water partition coefficient (Wildman–Crippen LogP) is 1.82. The first-order chi connectivity index (χ1) is 9.20. The van der Waals surface area contributed by atoms with Crippen molar-refractivity contribution in [3.8, 4) is 5.75 Å². The van der Waals surface area contributed by atoms with Crippen LogP contribution in [-0.4, -0.2) is 42.5 Å². The Morgan fingerprint density at radius 1 is 1.47 bits per heavy atom. The number of nitrogens with one attached hydrogen (secondary N) is 1. The van der Waals surface area contributed by atoms with Crippen LogP contribution in [0.3, 0.4) is 0 Å². The molecule has 0 atom stereocenters. The standard InChI is InChI=1S/C14H21N3O2/c1-11-9-12(13(19-2)10-16-11)15-6-5-14(18)17-7-3-4-8-17/h9-10H,3-8H2,1-2H3,(H,15,16). The van der Waals surface area contributed by atoms with Gasteiger partial charge in [-0.25, -0.2) is 0 Å². The maximum atomic E-state index is 11.9. The van der Waals surface area contributed by atoms with Crippen molar-refractivity contribution in [1.29, 1.82) is 0 Å². The second kappa shape index (κ2) is 6.41. The van der Waals surface area contributed by atoms with Gasteiger partial charge in [-0.15, -0.1) is 0 Å². The molecule has 5 nitrogen and oxygen atoms in total. The average Bonchev–Trinajstić information content (AvgIpc) is 2.93. The van der Waals surface area contributed by atoms with E-state index in [-0.39, 0.29) is 5.91 Å². The fourth-order valence-corrected chi connectivity index (χ4v) is 2.28. The number of hydrogen-bond acceptors (Lipinski definition) is 4. The lowest BCUT2D eigenvalue weighted by molar-refractivity contribution is -0.129. The molecule has 5 heteroatoms. The van der Waals surface area contributed by atoms with E-state index in [0.717, 1.165) is 37.3 Å². The lowest BCUT2D eigenvalue weighted by atomic mass is 10.3. The largest absolute Gasteiger partial charge is 0.493 e. The summed E-state index contributed by atoms with van der Waals surface area (Å²) in [6.07, 6.45) is 4.48. The Hall–Kier alpha value is -1.78. The van der Waals surface area contributed by atoms with Crippen LogP contribution in [0.15, 0.2) is 12.3 Å². The van der Waals surface area contributed by atoms with Crippen molar-refractivity contribution < 1.29 is 9.53 Å². The SMILES string of the molecule is COc1cnc(C)cc1NCCC(=O)N1CCCC1. The molecule has 1 saturated heterocycles. The van der Waals surface area contributed by atoms with E-state index in [1.54, 1.807) is 13.3 Å². The van der Waals surface area contributed by atoms with Gasteiger partial charge in [0.25, 0.3) is 0 Å². The van der Waals surface area contributed by atoms with E-state index in [4.69, 9.17) is 4.74 Å². The van der Waals surface area contributed by atoms with Gasteiger partial charge in [-0.05, 0) is 25.8 Å². The third-order valence-electron chi connectivity index (χ3n) is 3.34. The smallest absolute Gasteiger partial charge is 0.224 e. The summed E-state index contributed by atoms with van der Waals surface area (Å²) in [6.45, 7) is 4.38. The van der Waals surface area contributed by atoms with E-state index in [1.165, 1.54) is 0 Å². The van der Waals surface area contributed by atoms with Crippen LogP contribution in [0.5, 0.6) is 5.75 Å². The number of likely N-dealkylation sites (tertiary alicyclic amines) is 1. The zero-order valence-corrected chi connectivity index (χ0v) is 11.6. The zero-order chi connectivity index (χ0) is 13.7. The maximum Gasteiger partial charge on any atom is 0.224 e. The molecule has 0 aromatic carbocycles. The van der Waals surface area contributed by atoms with Gasteiger partial charge < -0.3 is 15.0 Å². The summed E-state index contributed by atoms with van der Waals surface area (Å²) >= 11 is 0. The molecule has 1 N–H and O–H groups in total. The summed E-state index contributed by atoms with van der Waals surface area (Å²) < 4.78 is 5.24. The van der Waals surface area contributed by atoms with Crippen LogP contribution in [0.2, 0.25) is 0 Å². The first kappa shape index (κ1) is 13.6. The third kappa shape index (κ3) is 3.59. The first-order valence-corrected chi connectivity index (χ1v) is 6.73. The molecular formula is C14H21N3O2. The fraction of sp³-hybridized carbons (Fsp3) is 0.571. The number of nitrogens with zero attached hydrogens (tertiary/aromatic N) is 2. The van der Waals surface area contributed by atoms with Gasteiger partial charge in [-0.3, -0.25) is 9.78 Å². The predicted molar refractivity (Wildman–Crippen MR) is 74.4 cm³/mol. The number of ether oxygens (including phenoxy) is 1. The Morgan fingerprint density at radius 2 is 2.21 bits per heavy atom. The number of methoxy groups -OCH3 is 1. The molecule has 1 aromatic rings.